The Labute approximate surface area is 121 Å². The largest absolute Gasteiger partial charge is 0.494 e. The van der Waals surface area contributed by atoms with Crippen LogP contribution in [0.15, 0.2) is 36.8 Å². The molecule has 20 heavy (non-hydrogen) atoms. The summed E-state index contributed by atoms with van der Waals surface area (Å²) in [5.74, 6) is 6.67. The van der Waals surface area contributed by atoms with Crippen molar-refractivity contribution in [1.29, 1.82) is 0 Å². The van der Waals surface area contributed by atoms with Gasteiger partial charge in [0.2, 0.25) is 0 Å². The van der Waals surface area contributed by atoms with E-state index in [-0.39, 0.29) is 12.4 Å². The van der Waals surface area contributed by atoms with Crippen molar-refractivity contribution in [3.63, 3.8) is 0 Å². The van der Waals surface area contributed by atoms with Crippen LogP contribution in [0.3, 0.4) is 0 Å². The molecule has 0 saturated heterocycles. The van der Waals surface area contributed by atoms with Crippen molar-refractivity contribution < 1.29 is 4.74 Å². The van der Waals surface area contributed by atoms with Crippen molar-refractivity contribution in [3.05, 3.63) is 36.8 Å². The van der Waals surface area contributed by atoms with Crippen molar-refractivity contribution in [2.75, 3.05) is 12.5 Å². The van der Waals surface area contributed by atoms with Crippen LogP contribution in [-0.4, -0.2) is 26.9 Å². The minimum absolute atomic E-state index is 0. The van der Waals surface area contributed by atoms with E-state index in [0.717, 1.165) is 11.1 Å². The van der Waals surface area contributed by atoms with E-state index in [2.05, 4.69) is 20.5 Å². The predicted molar refractivity (Wildman–Crippen MR) is 78.3 cm³/mol. The Morgan fingerprint density at radius 3 is 2.80 bits per heavy atom. The van der Waals surface area contributed by atoms with Crippen molar-refractivity contribution in [3.8, 4) is 11.4 Å². The van der Waals surface area contributed by atoms with Crippen molar-refractivity contribution >= 4 is 29.3 Å². The Balaban J connectivity index is 0.00000147. The molecule has 8 heteroatoms. The molecule has 3 aromatic rings. The van der Waals surface area contributed by atoms with Crippen molar-refractivity contribution in [2.24, 2.45) is 5.84 Å². The van der Waals surface area contributed by atoms with Crippen LogP contribution in [0.2, 0.25) is 0 Å². The standard InChI is InChI=1S/C12H12N6O.ClH/c1-19-10-5-3-2-4-9(10)18-12-8(6-16-18)11(17-13)14-7-15-12;/h2-7H,13H2,1H3,(H,14,15,17);1H. The molecule has 0 aliphatic rings. The lowest BCUT2D eigenvalue weighted by Gasteiger charge is -2.08. The van der Waals surface area contributed by atoms with Gasteiger partial charge in [0.1, 0.15) is 17.8 Å². The molecule has 0 atom stereocenters. The van der Waals surface area contributed by atoms with Crippen LogP contribution in [0.25, 0.3) is 16.7 Å². The smallest absolute Gasteiger partial charge is 0.168 e. The third-order valence-electron chi connectivity index (χ3n) is 2.82. The molecule has 0 aliphatic carbocycles. The minimum atomic E-state index is 0. The summed E-state index contributed by atoms with van der Waals surface area (Å²) in [5.41, 5.74) is 3.99. The maximum Gasteiger partial charge on any atom is 0.168 e. The molecule has 0 saturated carbocycles. The highest BCUT2D eigenvalue weighted by Gasteiger charge is 2.12. The van der Waals surface area contributed by atoms with Gasteiger partial charge in [-0.25, -0.2) is 20.5 Å². The second kappa shape index (κ2) is 5.72. The molecule has 0 radical (unpaired) electrons. The van der Waals surface area contributed by atoms with Crippen molar-refractivity contribution in [2.45, 2.75) is 0 Å². The summed E-state index contributed by atoms with van der Waals surface area (Å²) in [7, 11) is 1.62. The van der Waals surface area contributed by atoms with Gasteiger partial charge >= 0.3 is 0 Å². The van der Waals surface area contributed by atoms with Crippen LogP contribution in [0.1, 0.15) is 0 Å². The SMILES string of the molecule is COc1ccccc1-n1ncc2c(NN)ncnc21.Cl. The Morgan fingerprint density at radius 1 is 1.25 bits per heavy atom. The van der Waals surface area contributed by atoms with E-state index in [1.807, 2.05) is 24.3 Å². The minimum Gasteiger partial charge on any atom is -0.494 e. The van der Waals surface area contributed by atoms with Gasteiger partial charge in [0.15, 0.2) is 11.5 Å². The molecule has 0 spiro atoms. The lowest BCUT2D eigenvalue weighted by Crippen LogP contribution is -2.09. The number of hydrazine groups is 1. The van der Waals surface area contributed by atoms with E-state index in [4.69, 9.17) is 10.6 Å². The van der Waals surface area contributed by atoms with Crippen LogP contribution in [0, 0.1) is 0 Å². The van der Waals surface area contributed by atoms with Gasteiger partial charge in [0.25, 0.3) is 0 Å². The number of anilines is 1. The van der Waals surface area contributed by atoms with E-state index in [9.17, 15) is 0 Å². The maximum atomic E-state index is 5.42. The Morgan fingerprint density at radius 2 is 2.05 bits per heavy atom. The van der Waals surface area contributed by atoms with Gasteiger partial charge in [-0.15, -0.1) is 12.4 Å². The number of fused-ring (bicyclic) bond motifs is 1. The molecule has 0 bridgehead atoms. The van der Waals surface area contributed by atoms with E-state index in [1.165, 1.54) is 6.33 Å². The number of ether oxygens (including phenoxy) is 1. The molecular weight excluding hydrogens is 280 g/mol. The number of methoxy groups -OCH3 is 1. The summed E-state index contributed by atoms with van der Waals surface area (Å²) in [6.45, 7) is 0. The number of hydrogen-bond acceptors (Lipinski definition) is 6. The third kappa shape index (κ3) is 2.13. The first-order valence-corrected chi connectivity index (χ1v) is 5.64. The van der Waals surface area contributed by atoms with Crippen LogP contribution in [-0.2, 0) is 0 Å². The van der Waals surface area contributed by atoms with E-state index in [0.29, 0.717) is 17.2 Å². The molecule has 104 valence electrons. The van der Waals surface area contributed by atoms with E-state index < -0.39 is 0 Å². The number of hydrogen-bond donors (Lipinski definition) is 2. The highest BCUT2D eigenvalue weighted by atomic mass is 35.5. The molecule has 7 nitrogen and oxygen atoms in total. The summed E-state index contributed by atoms with van der Waals surface area (Å²) in [6, 6.07) is 7.58. The summed E-state index contributed by atoms with van der Waals surface area (Å²) in [6.07, 6.45) is 3.10. The number of nitrogens with one attached hydrogen (secondary N) is 1. The van der Waals surface area contributed by atoms with Crippen LogP contribution in [0.4, 0.5) is 5.82 Å². The number of benzene rings is 1. The van der Waals surface area contributed by atoms with Gasteiger partial charge in [-0.1, -0.05) is 12.1 Å². The molecule has 1 aromatic carbocycles. The molecule has 2 aromatic heterocycles. The number of aromatic nitrogens is 4. The highest BCUT2D eigenvalue weighted by molar-refractivity contribution is 5.87. The topological polar surface area (TPSA) is 90.9 Å². The first-order valence-electron chi connectivity index (χ1n) is 5.64. The van der Waals surface area contributed by atoms with Crippen LogP contribution >= 0.6 is 12.4 Å². The normalized spacial score (nSPS) is 10.1. The fraction of sp³-hybridized carbons (Fsp3) is 0.0833. The molecular formula is C12H13ClN6O. The van der Waals surface area contributed by atoms with E-state index in [1.54, 1.807) is 18.0 Å². The molecule has 3 N–H and O–H groups in total. The quantitative estimate of drug-likeness (QED) is 0.562. The number of halogens is 1. The number of rotatable bonds is 3. The molecule has 3 rings (SSSR count). The molecule has 2 heterocycles. The zero-order chi connectivity index (χ0) is 13.2. The second-order valence-electron chi connectivity index (χ2n) is 3.83. The number of nitrogen functional groups attached to an aromatic ring is 1. The summed E-state index contributed by atoms with van der Waals surface area (Å²) < 4.78 is 7.02. The lowest BCUT2D eigenvalue weighted by molar-refractivity contribution is 0.412. The van der Waals surface area contributed by atoms with Gasteiger partial charge in [-0.3, -0.25) is 0 Å². The Hall–Kier alpha value is -2.38. The van der Waals surface area contributed by atoms with Crippen LogP contribution in [0.5, 0.6) is 5.75 Å². The Kier molecular flexibility index (Phi) is 4.02. The summed E-state index contributed by atoms with van der Waals surface area (Å²) in [4.78, 5) is 8.28. The summed E-state index contributed by atoms with van der Waals surface area (Å²) in [5, 5.41) is 5.07. The molecule has 0 aliphatic heterocycles. The average molecular weight is 293 g/mol. The highest BCUT2D eigenvalue weighted by Crippen LogP contribution is 2.26. The van der Waals surface area contributed by atoms with Crippen LogP contribution < -0.4 is 16.0 Å². The molecule has 0 unspecified atom stereocenters. The van der Waals surface area contributed by atoms with Crippen molar-refractivity contribution in [1.82, 2.24) is 19.7 Å². The average Bonchev–Trinajstić information content (AvgIpc) is 2.90. The fourth-order valence-corrected chi connectivity index (χ4v) is 1.94. The Bertz CT molecular complexity index is 729. The number of nitrogens with zero attached hydrogens (tertiary/aromatic N) is 4. The molecule has 0 fully saturated rings. The molecule has 0 amide bonds. The van der Waals surface area contributed by atoms with E-state index >= 15 is 0 Å². The first-order chi connectivity index (χ1) is 9.35. The van der Waals surface area contributed by atoms with Gasteiger partial charge in [-0.05, 0) is 12.1 Å². The lowest BCUT2D eigenvalue weighted by atomic mass is 10.3. The van der Waals surface area contributed by atoms with Gasteiger partial charge in [0, 0.05) is 0 Å². The maximum absolute atomic E-state index is 5.42. The monoisotopic (exact) mass is 292 g/mol. The zero-order valence-electron chi connectivity index (χ0n) is 10.6. The third-order valence-corrected chi connectivity index (χ3v) is 2.82. The van der Waals surface area contributed by atoms with Gasteiger partial charge < -0.3 is 10.2 Å². The summed E-state index contributed by atoms with van der Waals surface area (Å²) >= 11 is 0. The van der Waals surface area contributed by atoms with Gasteiger partial charge in [0.05, 0.1) is 18.7 Å². The number of nitrogens with two attached hydrogens (primary N) is 1. The predicted octanol–water partition coefficient (Wildman–Crippen LogP) is 1.53. The number of para-hydroxylation sites is 2. The fourth-order valence-electron chi connectivity index (χ4n) is 1.94. The zero-order valence-corrected chi connectivity index (χ0v) is 11.5. The second-order valence-corrected chi connectivity index (χ2v) is 3.83. The first kappa shape index (κ1) is 14.0. The van der Waals surface area contributed by atoms with Gasteiger partial charge in [-0.2, -0.15) is 5.10 Å².